The van der Waals surface area contributed by atoms with E-state index in [0.29, 0.717) is 0 Å². The minimum Gasteiger partial charge on any atom is -0.298 e. The van der Waals surface area contributed by atoms with E-state index in [-0.39, 0.29) is 6.10 Å². The average Bonchev–Trinajstić information content (AvgIpc) is 2.44. The molecule has 1 aliphatic carbocycles. The molecule has 0 saturated carbocycles. The number of hydrogen-bond acceptors (Lipinski definition) is 3. The molecule has 0 saturated heterocycles. The van der Waals surface area contributed by atoms with Crippen LogP contribution >= 0.6 is 0 Å². The lowest BCUT2D eigenvalue weighted by molar-refractivity contribution is -0.291. The standard InChI is InChI=1S/C17H16O3/c1-10-11(2)17(20-19-12(3)18)15-9-5-7-13-6-4-8-14(10)16(13)15/h4-9,17H,1-3H3. The SMILES string of the molecule is CC(=O)OOC1C(C)=C(C)c2cccc3cccc1c23. The molecule has 0 spiro atoms. The number of carbonyl (C=O) groups is 1. The number of rotatable bonds is 2. The fourth-order valence-electron chi connectivity index (χ4n) is 2.78. The minimum atomic E-state index is -0.443. The summed E-state index contributed by atoms with van der Waals surface area (Å²) in [5, 5.41) is 2.35. The molecule has 1 unspecified atom stereocenters. The topological polar surface area (TPSA) is 35.5 Å². The molecule has 2 aromatic carbocycles. The van der Waals surface area contributed by atoms with Gasteiger partial charge in [0.15, 0.2) is 6.10 Å². The van der Waals surface area contributed by atoms with Gasteiger partial charge in [0.05, 0.1) is 0 Å². The molecule has 3 nitrogen and oxygen atoms in total. The summed E-state index contributed by atoms with van der Waals surface area (Å²) in [7, 11) is 0. The Morgan fingerprint density at radius 2 is 1.80 bits per heavy atom. The molecule has 0 amide bonds. The molecule has 20 heavy (non-hydrogen) atoms. The lowest BCUT2D eigenvalue weighted by Gasteiger charge is -2.27. The van der Waals surface area contributed by atoms with Crippen LogP contribution in [-0.2, 0) is 14.6 Å². The number of carbonyl (C=O) groups excluding carboxylic acids is 1. The van der Waals surface area contributed by atoms with Crippen LogP contribution in [0.3, 0.4) is 0 Å². The molecule has 0 aliphatic heterocycles. The first-order valence-corrected chi connectivity index (χ1v) is 6.63. The van der Waals surface area contributed by atoms with Crippen molar-refractivity contribution in [1.29, 1.82) is 0 Å². The van der Waals surface area contributed by atoms with Crippen molar-refractivity contribution in [2.45, 2.75) is 26.9 Å². The maximum absolute atomic E-state index is 11.0. The van der Waals surface area contributed by atoms with E-state index >= 15 is 0 Å². The quantitative estimate of drug-likeness (QED) is 0.605. The molecule has 0 radical (unpaired) electrons. The van der Waals surface area contributed by atoms with E-state index in [1.807, 2.05) is 19.1 Å². The summed E-state index contributed by atoms with van der Waals surface area (Å²) in [4.78, 5) is 21.1. The molecule has 3 heteroatoms. The van der Waals surface area contributed by atoms with E-state index in [4.69, 9.17) is 9.78 Å². The molecule has 1 atom stereocenters. The molecule has 0 fully saturated rings. The molecule has 2 aromatic rings. The molecule has 0 N–H and O–H groups in total. The van der Waals surface area contributed by atoms with E-state index < -0.39 is 5.97 Å². The van der Waals surface area contributed by atoms with Gasteiger partial charge in [-0.1, -0.05) is 36.4 Å². The van der Waals surface area contributed by atoms with E-state index in [9.17, 15) is 4.79 Å². The van der Waals surface area contributed by atoms with Gasteiger partial charge in [-0.05, 0) is 46.9 Å². The Balaban J connectivity index is 2.20. The van der Waals surface area contributed by atoms with Crippen molar-refractivity contribution in [3.8, 4) is 0 Å². The van der Waals surface area contributed by atoms with E-state index in [1.165, 1.54) is 28.8 Å². The van der Waals surface area contributed by atoms with Gasteiger partial charge in [0.2, 0.25) is 0 Å². The van der Waals surface area contributed by atoms with Crippen LogP contribution in [0.1, 0.15) is 38.0 Å². The Labute approximate surface area is 117 Å². The normalized spacial score (nSPS) is 17.4. The van der Waals surface area contributed by atoms with E-state index in [0.717, 1.165) is 11.1 Å². The highest BCUT2D eigenvalue weighted by Crippen LogP contribution is 2.43. The van der Waals surface area contributed by atoms with Gasteiger partial charge in [0.25, 0.3) is 0 Å². The zero-order valence-corrected chi connectivity index (χ0v) is 11.8. The third-order valence-corrected chi connectivity index (χ3v) is 3.87. The summed E-state index contributed by atoms with van der Waals surface area (Å²) in [6.45, 7) is 5.42. The summed E-state index contributed by atoms with van der Waals surface area (Å²) < 4.78 is 0. The summed E-state index contributed by atoms with van der Waals surface area (Å²) in [5.74, 6) is -0.443. The van der Waals surface area contributed by atoms with E-state index in [2.05, 4.69) is 31.2 Å². The maximum atomic E-state index is 11.0. The first kappa shape index (κ1) is 12.9. The van der Waals surface area contributed by atoms with Gasteiger partial charge in [-0.3, -0.25) is 4.89 Å². The van der Waals surface area contributed by atoms with Gasteiger partial charge in [-0.2, -0.15) is 4.89 Å². The number of allylic oxidation sites excluding steroid dienone is 1. The van der Waals surface area contributed by atoms with Crippen molar-refractivity contribution in [3.63, 3.8) is 0 Å². The smallest absolute Gasteiger partial charge is 0.298 e. The van der Waals surface area contributed by atoms with Crippen molar-refractivity contribution in [3.05, 3.63) is 53.1 Å². The van der Waals surface area contributed by atoms with Crippen LogP contribution in [0.4, 0.5) is 0 Å². The van der Waals surface area contributed by atoms with Crippen LogP contribution in [-0.4, -0.2) is 5.97 Å². The second-order valence-electron chi connectivity index (χ2n) is 5.11. The first-order chi connectivity index (χ1) is 9.59. The summed E-state index contributed by atoms with van der Waals surface area (Å²) >= 11 is 0. The zero-order chi connectivity index (χ0) is 14.3. The average molecular weight is 268 g/mol. The van der Waals surface area contributed by atoms with Crippen LogP contribution in [0.15, 0.2) is 42.0 Å². The predicted octanol–water partition coefficient (Wildman–Crippen LogP) is 4.18. The van der Waals surface area contributed by atoms with E-state index in [1.54, 1.807) is 0 Å². The van der Waals surface area contributed by atoms with Gasteiger partial charge in [0.1, 0.15) is 0 Å². The van der Waals surface area contributed by atoms with Gasteiger partial charge < -0.3 is 0 Å². The molecule has 3 rings (SSSR count). The second kappa shape index (κ2) is 4.76. The molecule has 0 heterocycles. The first-order valence-electron chi connectivity index (χ1n) is 6.63. The lowest BCUT2D eigenvalue weighted by Crippen LogP contribution is -2.14. The van der Waals surface area contributed by atoms with Crippen molar-refractivity contribution in [2.24, 2.45) is 0 Å². The molecule has 1 aliphatic rings. The minimum absolute atomic E-state index is 0.336. The Kier molecular flexibility index (Phi) is 3.07. The third-order valence-electron chi connectivity index (χ3n) is 3.87. The fraction of sp³-hybridized carbons (Fsp3) is 0.235. The Morgan fingerprint density at radius 3 is 2.50 bits per heavy atom. The summed E-state index contributed by atoms with van der Waals surface area (Å²) in [6, 6.07) is 12.4. The molecule has 102 valence electrons. The largest absolute Gasteiger partial charge is 0.339 e. The zero-order valence-electron chi connectivity index (χ0n) is 11.8. The highest BCUT2D eigenvalue weighted by molar-refractivity contribution is 5.99. The summed E-state index contributed by atoms with van der Waals surface area (Å²) in [6.07, 6.45) is -0.336. The highest BCUT2D eigenvalue weighted by atomic mass is 17.2. The van der Waals surface area contributed by atoms with Gasteiger partial charge in [-0.25, -0.2) is 4.79 Å². The maximum Gasteiger partial charge on any atom is 0.339 e. The third kappa shape index (κ3) is 1.91. The monoisotopic (exact) mass is 268 g/mol. The number of hydrogen-bond donors (Lipinski definition) is 0. The van der Waals surface area contributed by atoms with Crippen LogP contribution in [0, 0.1) is 0 Å². The Morgan fingerprint density at radius 1 is 1.10 bits per heavy atom. The van der Waals surface area contributed by atoms with Crippen LogP contribution in [0.25, 0.3) is 16.3 Å². The number of benzene rings is 2. The van der Waals surface area contributed by atoms with Crippen molar-refractivity contribution < 1.29 is 14.6 Å². The van der Waals surface area contributed by atoms with Crippen molar-refractivity contribution in [1.82, 2.24) is 0 Å². The summed E-state index contributed by atoms with van der Waals surface area (Å²) in [5.41, 5.74) is 4.50. The second-order valence-corrected chi connectivity index (χ2v) is 5.11. The lowest BCUT2D eigenvalue weighted by atomic mass is 9.83. The van der Waals surface area contributed by atoms with Crippen molar-refractivity contribution in [2.75, 3.05) is 0 Å². The van der Waals surface area contributed by atoms with Crippen molar-refractivity contribution >= 4 is 22.3 Å². The van der Waals surface area contributed by atoms with Crippen LogP contribution < -0.4 is 0 Å². The predicted molar refractivity (Wildman–Crippen MR) is 77.8 cm³/mol. The highest BCUT2D eigenvalue weighted by Gasteiger charge is 2.27. The Hall–Kier alpha value is -2.13. The van der Waals surface area contributed by atoms with Gasteiger partial charge >= 0.3 is 5.97 Å². The van der Waals surface area contributed by atoms with Crippen LogP contribution in [0.5, 0.6) is 0 Å². The molecular weight excluding hydrogens is 252 g/mol. The van der Waals surface area contributed by atoms with Gasteiger partial charge in [0, 0.05) is 6.92 Å². The molecule has 0 bridgehead atoms. The van der Waals surface area contributed by atoms with Crippen LogP contribution in [0.2, 0.25) is 0 Å². The molecule has 0 aromatic heterocycles. The fourth-order valence-corrected chi connectivity index (χ4v) is 2.78. The van der Waals surface area contributed by atoms with Gasteiger partial charge in [-0.15, -0.1) is 0 Å². The molecular formula is C17H16O3. The Bertz CT molecular complexity index is 723.